The Bertz CT molecular complexity index is 1210. The topological polar surface area (TPSA) is 241 Å². The summed E-state index contributed by atoms with van der Waals surface area (Å²) in [5, 5.41) is 26.6. The molecule has 1 unspecified atom stereocenters. The molecule has 1 amide bonds. The molecule has 17 heteroatoms. The minimum atomic E-state index is -5.08. The largest absolute Gasteiger partial charge is 0.490 e. The molecule has 2 aromatic rings. The van der Waals surface area contributed by atoms with Crippen LogP contribution in [0.15, 0.2) is 53.5 Å². The van der Waals surface area contributed by atoms with E-state index in [1.807, 2.05) is 5.32 Å². The van der Waals surface area contributed by atoms with Crippen LogP contribution in [0.25, 0.3) is 0 Å². The first-order chi connectivity index (χ1) is 18.1. The summed E-state index contributed by atoms with van der Waals surface area (Å²) >= 11 is 0. The highest BCUT2D eigenvalue weighted by Gasteiger charge is 2.38. The molecule has 0 heterocycles. The molecule has 8 N–H and O–H groups in total. The number of hydrogen-bond acceptors (Lipinski definition) is 8. The second-order valence-electron chi connectivity index (χ2n) is 7.13. The summed E-state index contributed by atoms with van der Waals surface area (Å²) in [6, 6.07) is 10.5. The van der Waals surface area contributed by atoms with Gasteiger partial charge in [-0.05, 0) is 42.0 Å². The van der Waals surface area contributed by atoms with E-state index in [1.165, 1.54) is 36.4 Å². The van der Waals surface area contributed by atoms with Gasteiger partial charge in [-0.1, -0.05) is 12.1 Å². The van der Waals surface area contributed by atoms with Crippen molar-refractivity contribution in [1.29, 1.82) is 0 Å². The number of aliphatic carboxylic acids is 3. The van der Waals surface area contributed by atoms with E-state index in [1.54, 1.807) is 12.1 Å². The van der Waals surface area contributed by atoms with Crippen LogP contribution in [0, 0.1) is 0 Å². The standard InChI is InChI=1S/C20H20N4O8.C2HF3O2/c21-19(22)23-13-5-3-12(4-6-13)18(29)32-14-7-1-11(2-8-14)10-31-20(30)24-15(17(27)28)9-16(25)26;3-2(4,5)1(6)7/h1-8,15H,9-10H2,(H,24,30)(H,25,26)(H,27,28)(H4,21,22,23);(H,6,7). The fraction of sp³-hybridized carbons (Fsp3) is 0.182. The average Bonchev–Trinajstić information content (AvgIpc) is 2.82. The van der Waals surface area contributed by atoms with Crippen molar-refractivity contribution in [2.45, 2.75) is 25.2 Å². The lowest BCUT2D eigenvalue weighted by Gasteiger charge is -2.12. The van der Waals surface area contributed by atoms with Crippen LogP contribution in [0.5, 0.6) is 5.75 Å². The van der Waals surface area contributed by atoms with E-state index in [0.717, 1.165) is 0 Å². The van der Waals surface area contributed by atoms with Gasteiger partial charge in [-0.3, -0.25) is 4.79 Å². The Hall–Kier alpha value is -5.35. The van der Waals surface area contributed by atoms with E-state index in [9.17, 15) is 32.3 Å². The minimum Gasteiger partial charge on any atom is -0.481 e. The van der Waals surface area contributed by atoms with Gasteiger partial charge in [0.25, 0.3) is 0 Å². The summed E-state index contributed by atoms with van der Waals surface area (Å²) in [6.07, 6.45) is -6.96. The number of rotatable bonds is 9. The van der Waals surface area contributed by atoms with Crippen molar-refractivity contribution in [3.05, 3.63) is 59.7 Å². The maximum atomic E-state index is 12.2. The van der Waals surface area contributed by atoms with Crippen molar-refractivity contribution < 1.29 is 61.9 Å². The molecule has 0 aromatic heterocycles. The Balaban J connectivity index is 0.000000956. The number of carboxylic acids is 3. The van der Waals surface area contributed by atoms with Crippen LogP contribution in [-0.4, -0.2) is 63.5 Å². The number of esters is 1. The molecule has 0 aliphatic carbocycles. The third kappa shape index (κ3) is 12.4. The summed E-state index contributed by atoms with van der Waals surface area (Å²) in [5.74, 6) is -6.11. The summed E-state index contributed by atoms with van der Waals surface area (Å²) in [7, 11) is 0. The number of ether oxygens (including phenoxy) is 2. The van der Waals surface area contributed by atoms with Crippen LogP contribution in [-0.2, 0) is 25.7 Å². The lowest BCUT2D eigenvalue weighted by atomic mass is 10.2. The number of aliphatic imine (C=N–C) groups is 1. The molecule has 1 atom stereocenters. The van der Waals surface area contributed by atoms with Gasteiger partial charge in [0.15, 0.2) is 5.96 Å². The number of amides is 1. The molecule has 0 radical (unpaired) electrons. The maximum Gasteiger partial charge on any atom is 0.490 e. The number of carbonyl (C=O) groups excluding carboxylic acids is 2. The van der Waals surface area contributed by atoms with Gasteiger partial charge in [-0.25, -0.2) is 24.2 Å². The number of nitrogens with two attached hydrogens (primary N) is 2. The molecule has 0 bridgehead atoms. The summed E-state index contributed by atoms with van der Waals surface area (Å²) in [4.78, 5) is 58.2. The predicted molar refractivity (Wildman–Crippen MR) is 124 cm³/mol. The Morgan fingerprint density at radius 2 is 1.46 bits per heavy atom. The van der Waals surface area contributed by atoms with Gasteiger partial charge >= 0.3 is 36.1 Å². The van der Waals surface area contributed by atoms with E-state index in [-0.39, 0.29) is 23.9 Å². The molecule has 2 aromatic carbocycles. The first-order valence-corrected chi connectivity index (χ1v) is 10.3. The zero-order valence-electron chi connectivity index (χ0n) is 19.5. The highest BCUT2D eigenvalue weighted by Crippen LogP contribution is 2.17. The smallest absolute Gasteiger partial charge is 0.481 e. The van der Waals surface area contributed by atoms with Crippen molar-refractivity contribution in [3.63, 3.8) is 0 Å². The van der Waals surface area contributed by atoms with Gasteiger partial charge in [0.05, 0.1) is 17.7 Å². The Morgan fingerprint density at radius 3 is 1.90 bits per heavy atom. The fourth-order valence-electron chi connectivity index (χ4n) is 2.35. The van der Waals surface area contributed by atoms with Crippen molar-refractivity contribution in [2.24, 2.45) is 16.5 Å². The summed E-state index contributed by atoms with van der Waals surface area (Å²) in [6.45, 7) is -0.217. The monoisotopic (exact) mass is 558 g/mol. The van der Waals surface area contributed by atoms with Gasteiger partial charge in [0.2, 0.25) is 0 Å². The fourth-order valence-corrected chi connectivity index (χ4v) is 2.35. The number of benzene rings is 2. The number of nitrogens with zero attached hydrogens (tertiary/aromatic N) is 1. The Morgan fingerprint density at radius 1 is 0.923 bits per heavy atom. The lowest BCUT2D eigenvalue weighted by Crippen LogP contribution is -2.42. The van der Waals surface area contributed by atoms with Crippen molar-refractivity contribution in [3.8, 4) is 5.75 Å². The maximum absolute atomic E-state index is 12.2. The zero-order valence-corrected chi connectivity index (χ0v) is 19.5. The van der Waals surface area contributed by atoms with Gasteiger partial charge < -0.3 is 41.6 Å². The number of alkyl carbamates (subject to hydrolysis) is 1. The molecular formula is C22H21F3N4O10. The molecular weight excluding hydrogens is 537 g/mol. The molecule has 0 aliphatic rings. The summed E-state index contributed by atoms with van der Waals surface area (Å²) in [5.41, 5.74) is 11.8. The average molecular weight is 558 g/mol. The summed E-state index contributed by atoms with van der Waals surface area (Å²) < 4.78 is 41.9. The normalized spacial score (nSPS) is 11.1. The van der Waals surface area contributed by atoms with E-state index in [0.29, 0.717) is 11.3 Å². The molecule has 0 saturated heterocycles. The highest BCUT2D eigenvalue weighted by molar-refractivity contribution is 5.91. The quantitative estimate of drug-likeness (QED) is 0.111. The Kier molecular flexibility index (Phi) is 11.7. The van der Waals surface area contributed by atoms with Crippen LogP contribution in [0.2, 0.25) is 0 Å². The second-order valence-corrected chi connectivity index (χ2v) is 7.13. The number of alkyl halides is 3. The first kappa shape index (κ1) is 31.7. The van der Waals surface area contributed by atoms with Gasteiger partial charge in [0, 0.05) is 0 Å². The first-order valence-electron chi connectivity index (χ1n) is 10.3. The van der Waals surface area contributed by atoms with E-state index in [2.05, 4.69) is 4.99 Å². The molecule has 0 fully saturated rings. The predicted octanol–water partition coefficient (Wildman–Crippen LogP) is 1.60. The minimum absolute atomic E-state index is 0.108. The van der Waals surface area contributed by atoms with Gasteiger partial charge in [-0.15, -0.1) is 0 Å². The number of hydrogen-bond donors (Lipinski definition) is 6. The van der Waals surface area contributed by atoms with Crippen molar-refractivity contribution >= 4 is 41.6 Å². The molecule has 0 spiro atoms. The van der Waals surface area contributed by atoms with Crippen molar-refractivity contribution in [1.82, 2.24) is 5.32 Å². The number of halogens is 3. The van der Waals surface area contributed by atoms with Gasteiger partial charge in [0.1, 0.15) is 18.4 Å². The Labute approximate surface area is 216 Å². The van der Waals surface area contributed by atoms with Crippen LogP contribution in [0.4, 0.5) is 23.7 Å². The number of guanidine groups is 1. The van der Waals surface area contributed by atoms with Crippen LogP contribution in [0.1, 0.15) is 22.3 Å². The molecule has 0 saturated carbocycles. The third-order valence-electron chi connectivity index (χ3n) is 4.08. The molecule has 39 heavy (non-hydrogen) atoms. The van der Waals surface area contributed by atoms with E-state index >= 15 is 0 Å². The highest BCUT2D eigenvalue weighted by atomic mass is 19.4. The zero-order chi connectivity index (χ0) is 29.8. The molecule has 2 rings (SSSR count). The van der Waals surface area contributed by atoms with E-state index in [4.69, 9.17) is 41.1 Å². The molecule has 0 aliphatic heterocycles. The number of carbonyl (C=O) groups is 5. The molecule has 210 valence electrons. The molecule has 14 nitrogen and oxygen atoms in total. The van der Waals surface area contributed by atoms with Crippen LogP contribution < -0.4 is 21.5 Å². The van der Waals surface area contributed by atoms with Crippen LogP contribution in [0.3, 0.4) is 0 Å². The SMILES string of the molecule is NC(N)=Nc1ccc(C(=O)Oc2ccc(COC(=O)NC(CC(=O)O)C(=O)O)cc2)cc1.O=C(O)C(F)(F)F. The van der Waals surface area contributed by atoms with E-state index < -0.39 is 48.6 Å². The number of nitrogens with one attached hydrogen (secondary N) is 1. The lowest BCUT2D eigenvalue weighted by molar-refractivity contribution is -0.192. The third-order valence-corrected chi connectivity index (χ3v) is 4.08. The van der Waals surface area contributed by atoms with Crippen LogP contribution >= 0.6 is 0 Å². The number of carboxylic acid groups (broad SMARTS) is 3. The second kappa shape index (κ2) is 14.4. The van der Waals surface area contributed by atoms with Gasteiger partial charge in [-0.2, -0.15) is 13.2 Å². The van der Waals surface area contributed by atoms with Crippen molar-refractivity contribution in [2.75, 3.05) is 0 Å².